The number of hydrogen-bond donors (Lipinski definition) is 1. The van der Waals surface area contributed by atoms with Crippen LogP contribution in [0.15, 0.2) is 0 Å². The summed E-state index contributed by atoms with van der Waals surface area (Å²) in [6.45, 7) is 8.61. The Morgan fingerprint density at radius 2 is 1.93 bits per heavy atom. The van der Waals surface area contributed by atoms with E-state index in [1.54, 1.807) is 0 Å². The van der Waals surface area contributed by atoms with Gasteiger partial charge in [-0.1, -0.05) is 26.7 Å². The van der Waals surface area contributed by atoms with Crippen LogP contribution in [0, 0.1) is 0 Å². The molecule has 0 aromatic heterocycles. The second-order valence-electron chi connectivity index (χ2n) is 4.36. The minimum absolute atomic E-state index is 0.167. The highest BCUT2D eigenvalue weighted by Crippen LogP contribution is 2.15. The molecular weight excluding hydrogens is 190 g/mol. The summed E-state index contributed by atoms with van der Waals surface area (Å²) in [6, 6.07) is 0.726. The van der Waals surface area contributed by atoms with Gasteiger partial charge in [0, 0.05) is 12.1 Å². The number of rotatable bonds is 8. The highest BCUT2D eigenvalue weighted by atomic mass is 16.4. The molecule has 3 nitrogen and oxygen atoms in total. The molecule has 0 rings (SSSR count). The Kier molecular flexibility index (Phi) is 7.39. The summed E-state index contributed by atoms with van der Waals surface area (Å²) in [5.74, 6) is -0.723. The number of nitrogens with zero attached hydrogens (tertiary/aromatic N) is 1. The van der Waals surface area contributed by atoms with Gasteiger partial charge in [-0.25, -0.2) is 0 Å². The first-order valence-corrected chi connectivity index (χ1v) is 6.00. The normalized spacial score (nSPS) is 13.5. The van der Waals surface area contributed by atoms with Gasteiger partial charge in [-0.2, -0.15) is 0 Å². The average Bonchev–Trinajstić information content (AvgIpc) is 2.16. The highest BCUT2D eigenvalue weighted by Gasteiger charge is 2.21. The minimum Gasteiger partial charge on any atom is -0.480 e. The van der Waals surface area contributed by atoms with Gasteiger partial charge in [-0.15, -0.1) is 0 Å². The Labute approximate surface area is 93.5 Å². The SMILES string of the molecule is CCCCC(CC)N(CC(=O)O)C(C)C. The number of carbonyl (C=O) groups is 1. The first-order valence-electron chi connectivity index (χ1n) is 6.00. The molecule has 0 heterocycles. The van der Waals surface area contributed by atoms with E-state index in [4.69, 9.17) is 5.11 Å². The van der Waals surface area contributed by atoms with E-state index in [2.05, 4.69) is 32.6 Å². The van der Waals surface area contributed by atoms with E-state index in [1.807, 2.05) is 0 Å². The van der Waals surface area contributed by atoms with Crippen molar-refractivity contribution < 1.29 is 9.90 Å². The molecule has 0 bridgehead atoms. The quantitative estimate of drug-likeness (QED) is 0.677. The lowest BCUT2D eigenvalue weighted by atomic mass is 10.0. The molecule has 0 amide bonds. The topological polar surface area (TPSA) is 40.5 Å². The van der Waals surface area contributed by atoms with Gasteiger partial charge >= 0.3 is 5.97 Å². The standard InChI is InChI=1S/C12H25NO2/c1-5-7-8-11(6-2)13(10(3)4)9-12(14)15/h10-11H,5-9H2,1-4H3,(H,14,15). The van der Waals surface area contributed by atoms with Crippen LogP contribution in [0.4, 0.5) is 0 Å². The molecule has 0 spiro atoms. The van der Waals surface area contributed by atoms with Gasteiger partial charge in [0.2, 0.25) is 0 Å². The fourth-order valence-corrected chi connectivity index (χ4v) is 1.93. The lowest BCUT2D eigenvalue weighted by molar-refractivity contribution is -0.139. The molecule has 3 heteroatoms. The van der Waals surface area contributed by atoms with Crippen LogP contribution in [-0.2, 0) is 4.79 Å². The summed E-state index contributed by atoms with van der Waals surface area (Å²) < 4.78 is 0. The lowest BCUT2D eigenvalue weighted by Crippen LogP contribution is -2.43. The van der Waals surface area contributed by atoms with E-state index in [0.717, 1.165) is 12.8 Å². The van der Waals surface area contributed by atoms with E-state index in [0.29, 0.717) is 12.1 Å². The largest absolute Gasteiger partial charge is 0.480 e. The van der Waals surface area contributed by atoms with E-state index in [1.165, 1.54) is 12.8 Å². The third-order valence-electron chi connectivity index (χ3n) is 2.81. The summed E-state index contributed by atoms with van der Waals surface area (Å²) in [5.41, 5.74) is 0. The van der Waals surface area contributed by atoms with Gasteiger partial charge < -0.3 is 5.11 Å². The van der Waals surface area contributed by atoms with E-state index in [-0.39, 0.29) is 6.54 Å². The third-order valence-corrected chi connectivity index (χ3v) is 2.81. The number of carboxylic acid groups (broad SMARTS) is 1. The van der Waals surface area contributed by atoms with Gasteiger partial charge in [0.1, 0.15) is 0 Å². The molecule has 90 valence electrons. The van der Waals surface area contributed by atoms with Gasteiger partial charge in [0.15, 0.2) is 0 Å². The number of carboxylic acids is 1. The molecule has 0 saturated heterocycles. The second-order valence-corrected chi connectivity index (χ2v) is 4.36. The molecule has 1 N–H and O–H groups in total. The molecule has 0 saturated carbocycles. The maximum atomic E-state index is 10.8. The van der Waals surface area contributed by atoms with Crippen LogP contribution in [0.2, 0.25) is 0 Å². The zero-order chi connectivity index (χ0) is 11.8. The Hall–Kier alpha value is -0.570. The summed E-state index contributed by atoms with van der Waals surface area (Å²) in [7, 11) is 0. The van der Waals surface area contributed by atoms with Crippen molar-refractivity contribution >= 4 is 5.97 Å². The first-order chi connectivity index (χ1) is 7.02. The smallest absolute Gasteiger partial charge is 0.317 e. The van der Waals surface area contributed by atoms with Crippen molar-refractivity contribution in [3.63, 3.8) is 0 Å². The molecule has 0 aliphatic heterocycles. The highest BCUT2D eigenvalue weighted by molar-refractivity contribution is 5.69. The van der Waals surface area contributed by atoms with Crippen LogP contribution in [0.25, 0.3) is 0 Å². The van der Waals surface area contributed by atoms with Crippen molar-refractivity contribution in [2.45, 2.75) is 65.5 Å². The lowest BCUT2D eigenvalue weighted by Gasteiger charge is -2.33. The molecule has 1 unspecified atom stereocenters. The molecule has 0 aromatic rings. The van der Waals surface area contributed by atoms with Crippen molar-refractivity contribution in [2.75, 3.05) is 6.54 Å². The summed E-state index contributed by atoms with van der Waals surface area (Å²) in [6.07, 6.45) is 4.50. The van der Waals surface area contributed by atoms with Crippen molar-refractivity contribution in [3.05, 3.63) is 0 Å². The van der Waals surface area contributed by atoms with Gasteiger partial charge in [-0.3, -0.25) is 9.69 Å². The van der Waals surface area contributed by atoms with Crippen molar-refractivity contribution in [1.29, 1.82) is 0 Å². The van der Waals surface area contributed by atoms with Crippen molar-refractivity contribution in [1.82, 2.24) is 4.90 Å². The van der Waals surface area contributed by atoms with Crippen LogP contribution in [0.5, 0.6) is 0 Å². The Balaban J connectivity index is 4.33. The summed E-state index contributed by atoms with van der Waals surface area (Å²) in [4.78, 5) is 12.9. The van der Waals surface area contributed by atoms with Crippen molar-refractivity contribution in [2.24, 2.45) is 0 Å². The van der Waals surface area contributed by atoms with Crippen LogP contribution in [0.3, 0.4) is 0 Å². The maximum Gasteiger partial charge on any atom is 0.317 e. The molecule has 0 fully saturated rings. The zero-order valence-corrected chi connectivity index (χ0v) is 10.5. The number of hydrogen-bond acceptors (Lipinski definition) is 2. The van der Waals surface area contributed by atoms with Crippen LogP contribution in [-0.4, -0.2) is 34.6 Å². The van der Waals surface area contributed by atoms with E-state index in [9.17, 15) is 4.79 Å². The van der Waals surface area contributed by atoms with E-state index >= 15 is 0 Å². The number of unbranched alkanes of at least 4 members (excludes halogenated alkanes) is 1. The molecule has 1 atom stereocenters. The second kappa shape index (κ2) is 7.69. The van der Waals surface area contributed by atoms with Gasteiger partial charge in [-0.05, 0) is 26.7 Å². The fourth-order valence-electron chi connectivity index (χ4n) is 1.93. The monoisotopic (exact) mass is 215 g/mol. The average molecular weight is 215 g/mol. The third kappa shape index (κ3) is 5.78. The predicted molar refractivity (Wildman–Crippen MR) is 63.1 cm³/mol. The summed E-state index contributed by atoms with van der Waals surface area (Å²) >= 11 is 0. The summed E-state index contributed by atoms with van der Waals surface area (Å²) in [5, 5.41) is 8.86. The molecule has 0 aliphatic rings. The Morgan fingerprint density at radius 1 is 1.33 bits per heavy atom. The molecule has 0 aliphatic carbocycles. The molecule has 0 aromatic carbocycles. The molecule has 15 heavy (non-hydrogen) atoms. The van der Waals surface area contributed by atoms with Gasteiger partial charge in [0.25, 0.3) is 0 Å². The van der Waals surface area contributed by atoms with Crippen molar-refractivity contribution in [3.8, 4) is 0 Å². The maximum absolute atomic E-state index is 10.8. The molecule has 0 radical (unpaired) electrons. The van der Waals surface area contributed by atoms with E-state index < -0.39 is 5.97 Å². The van der Waals surface area contributed by atoms with Gasteiger partial charge in [0.05, 0.1) is 6.54 Å². The van der Waals surface area contributed by atoms with Crippen LogP contribution < -0.4 is 0 Å². The zero-order valence-electron chi connectivity index (χ0n) is 10.5. The molecular formula is C12H25NO2. The minimum atomic E-state index is -0.723. The number of aliphatic carboxylic acids is 1. The van der Waals surface area contributed by atoms with Crippen LogP contribution in [0.1, 0.15) is 53.4 Å². The predicted octanol–water partition coefficient (Wildman–Crippen LogP) is 2.75. The first kappa shape index (κ1) is 14.4. The van der Waals surface area contributed by atoms with Crippen LogP contribution >= 0.6 is 0 Å². The fraction of sp³-hybridized carbons (Fsp3) is 0.917. The Morgan fingerprint density at radius 3 is 2.27 bits per heavy atom. The Bertz CT molecular complexity index is 180.